The molecule has 74 valence electrons. The largest absolute Gasteiger partial charge is 0.466 e. The Balaban J connectivity index is 2.30. The van der Waals surface area contributed by atoms with Crippen LogP contribution in [0.2, 0.25) is 0 Å². The Morgan fingerprint density at radius 1 is 1.69 bits per heavy atom. The van der Waals surface area contributed by atoms with Crippen LogP contribution < -0.4 is 0 Å². The van der Waals surface area contributed by atoms with Gasteiger partial charge in [-0.05, 0) is 36.7 Å². The molecule has 0 saturated carbocycles. The molecule has 0 amide bonds. The van der Waals surface area contributed by atoms with E-state index < -0.39 is 0 Å². The monoisotopic (exact) mass is 200 g/mol. The molecule has 1 fully saturated rings. The smallest absolute Gasteiger partial charge is 0.333 e. The Labute approximate surface area is 83.7 Å². The van der Waals surface area contributed by atoms with E-state index in [9.17, 15) is 4.79 Å². The first-order chi connectivity index (χ1) is 6.24. The second kappa shape index (κ2) is 5.32. The number of hydrogen-bond acceptors (Lipinski definition) is 3. The van der Waals surface area contributed by atoms with Crippen molar-refractivity contribution < 1.29 is 9.53 Å². The van der Waals surface area contributed by atoms with Gasteiger partial charge in [0.05, 0.1) is 7.11 Å². The molecule has 0 aromatic heterocycles. The second-order valence-corrected chi connectivity index (χ2v) is 4.53. The highest BCUT2D eigenvalue weighted by Crippen LogP contribution is 2.27. The lowest BCUT2D eigenvalue weighted by Gasteiger charge is -2.21. The van der Waals surface area contributed by atoms with Gasteiger partial charge in [-0.15, -0.1) is 0 Å². The number of hydrogen-bond donors (Lipinski definition) is 0. The molecule has 1 unspecified atom stereocenters. The van der Waals surface area contributed by atoms with E-state index in [1.54, 1.807) is 0 Å². The van der Waals surface area contributed by atoms with Gasteiger partial charge in [0.15, 0.2) is 0 Å². The fourth-order valence-corrected chi connectivity index (χ4v) is 2.70. The van der Waals surface area contributed by atoms with Crippen LogP contribution >= 0.6 is 11.8 Å². The molecule has 1 aliphatic rings. The molecule has 1 saturated heterocycles. The van der Waals surface area contributed by atoms with E-state index in [2.05, 4.69) is 11.3 Å². The average molecular weight is 200 g/mol. The molecule has 0 aromatic carbocycles. The molecule has 0 bridgehead atoms. The van der Waals surface area contributed by atoms with E-state index in [4.69, 9.17) is 0 Å². The summed E-state index contributed by atoms with van der Waals surface area (Å²) in [6, 6.07) is 0. The maximum Gasteiger partial charge on any atom is 0.333 e. The Morgan fingerprint density at radius 3 is 3.00 bits per heavy atom. The molecule has 0 aliphatic carbocycles. The number of esters is 1. The maximum atomic E-state index is 11.1. The zero-order valence-electron chi connectivity index (χ0n) is 8.04. The maximum absolute atomic E-state index is 11.1. The molecule has 0 spiro atoms. The Hall–Kier alpha value is -0.440. The number of rotatable bonds is 3. The second-order valence-electron chi connectivity index (χ2n) is 3.38. The van der Waals surface area contributed by atoms with Crippen LogP contribution in [0.15, 0.2) is 12.2 Å². The van der Waals surface area contributed by atoms with Crippen molar-refractivity contribution in [2.45, 2.75) is 19.3 Å². The quantitative estimate of drug-likeness (QED) is 0.516. The summed E-state index contributed by atoms with van der Waals surface area (Å²) in [6.07, 6.45) is 3.30. The van der Waals surface area contributed by atoms with Gasteiger partial charge in [0, 0.05) is 5.57 Å². The summed E-state index contributed by atoms with van der Waals surface area (Å²) in [4.78, 5) is 11.1. The predicted molar refractivity (Wildman–Crippen MR) is 55.8 cm³/mol. The van der Waals surface area contributed by atoms with E-state index in [1.807, 2.05) is 11.8 Å². The lowest BCUT2D eigenvalue weighted by atomic mass is 9.97. The highest BCUT2D eigenvalue weighted by atomic mass is 32.2. The van der Waals surface area contributed by atoms with Gasteiger partial charge in [-0.2, -0.15) is 11.8 Å². The summed E-state index contributed by atoms with van der Waals surface area (Å²) < 4.78 is 4.61. The summed E-state index contributed by atoms with van der Waals surface area (Å²) in [5, 5.41) is 0. The molecule has 13 heavy (non-hydrogen) atoms. The number of thioether (sulfide) groups is 1. The van der Waals surface area contributed by atoms with Crippen LogP contribution in [0.25, 0.3) is 0 Å². The predicted octanol–water partition coefficient (Wildman–Crippen LogP) is 2.25. The van der Waals surface area contributed by atoms with Crippen LogP contribution in [-0.2, 0) is 9.53 Å². The molecule has 1 heterocycles. The Morgan fingerprint density at radius 2 is 2.46 bits per heavy atom. The average Bonchev–Trinajstić information content (AvgIpc) is 2.18. The van der Waals surface area contributed by atoms with Gasteiger partial charge in [-0.3, -0.25) is 0 Å². The van der Waals surface area contributed by atoms with Gasteiger partial charge in [0.1, 0.15) is 0 Å². The van der Waals surface area contributed by atoms with Crippen LogP contribution in [0, 0.1) is 5.92 Å². The molecular weight excluding hydrogens is 184 g/mol. The van der Waals surface area contributed by atoms with Gasteiger partial charge in [-0.1, -0.05) is 6.58 Å². The lowest BCUT2D eigenvalue weighted by Crippen LogP contribution is -2.14. The standard InChI is InChI=1S/C10H16O2S/c1-8(10(11)12-2)6-9-4-3-5-13-7-9/h9H,1,3-7H2,2H3. The SMILES string of the molecule is C=C(CC1CCCSC1)C(=O)OC. The lowest BCUT2D eigenvalue weighted by molar-refractivity contribution is -0.136. The minimum Gasteiger partial charge on any atom is -0.466 e. The number of carbonyl (C=O) groups is 1. The summed E-state index contributed by atoms with van der Waals surface area (Å²) in [5.41, 5.74) is 0.620. The minimum atomic E-state index is -0.254. The van der Waals surface area contributed by atoms with Gasteiger partial charge in [-0.25, -0.2) is 4.79 Å². The zero-order chi connectivity index (χ0) is 9.68. The van der Waals surface area contributed by atoms with E-state index in [0.717, 1.165) is 12.2 Å². The van der Waals surface area contributed by atoms with Crippen molar-refractivity contribution in [3.05, 3.63) is 12.2 Å². The Kier molecular flexibility index (Phi) is 4.36. The molecule has 1 rings (SSSR count). The molecular formula is C10H16O2S. The van der Waals surface area contributed by atoms with Crippen LogP contribution in [0.5, 0.6) is 0 Å². The minimum absolute atomic E-state index is 0.254. The van der Waals surface area contributed by atoms with Crippen molar-refractivity contribution in [3.8, 4) is 0 Å². The molecule has 0 N–H and O–H groups in total. The topological polar surface area (TPSA) is 26.3 Å². The van der Waals surface area contributed by atoms with Crippen LogP contribution in [0.4, 0.5) is 0 Å². The normalized spacial score (nSPS) is 22.4. The van der Waals surface area contributed by atoms with Crippen molar-refractivity contribution in [1.82, 2.24) is 0 Å². The summed E-state index contributed by atoms with van der Waals surface area (Å²) in [5.74, 6) is 2.80. The van der Waals surface area contributed by atoms with E-state index in [1.165, 1.54) is 25.7 Å². The molecule has 0 aromatic rings. The fourth-order valence-electron chi connectivity index (χ4n) is 1.54. The third-order valence-corrected chi connectivity index (χ3v) is 3.55. The van der Waals surface area contributed by atoms with Gasteiger partial charge in [0.25, 0.3) is 0 Å². The molecule has 1 atom stereocenters. The first kappa shape index (κ1) is 10.6. The van der Waals surface area contributed by atoms with Crippen molar-refractivity contribution >= 4 is 17.7 Å². The highest BCUT2D eigenvalue weighted by Gasteiger charge is 2.17. The first-order valence-corrected chi connectivity index (χ1v) is 5.73. The van der Waals surface area contributed by atoms with Gasteiger partial charge >= 0.3 is 5.97 Å². The fraction of sp³-hybridized carbons (Fsp3) is 0.700. The van der Waals surface area contributed by atoms with Crippen LogP contribution in [0.3, 0.4) is 0 Å². The van der Waals surface area contributed by atoms with Crippen molar-refractivity contribution in [2.24, 2.45) is 5.92 Å². The number of carbonyl (C=O) groups excluding carboxylic acids is 1. The Bertz CT molecular complexity index is 195. The van der Waals surface area contributed by atoms with Crippen molar-refractivity contribution in [1.29, 1.82) is 0 Å². The summed E-state index contributed by atoms with van der Waals surface area (Å²) >= 11 is 1.97. The van der Waals surface area contributed by atoms with Crippen LogP contribution in [0.1, 0.15) is 19.3 Å². The molecule has 1 aliphatic heterocycles. The van der Waals surface area contributed by atoms with Crippen molar-refractivity contribution in [3.63, 3.8) is 0 Å². The number of ether oxygens (including phenoxy) is 1. The molecule has 2 nitrogen and oxygen atoms in total. The molecule has 3 heteroatoms. The third kappa shape index (κ3) is 3.43. The van der Waals surface area contributed by atoms with Crippen LogP contribution in [-0.4, -0.2) is 24.6 Å². The number of methoxy groups -OCH3 is 1. The summed E-state index contributed by atoms with van der Waals surface area (Å²) in [6.45, 7) is 3.74. The van der Waals surface area contributed by atoms with E-state index in [0.29, 0.717) is 11.5 Å². The van der Waals surface area contributed by atoms with E-state index in [-0.39, 0.29) is 5.97 Å². The summed E-state index contributed by atoms with van der Waals surface area (Å²) in [7, 11) is 1.41. The zero-order valence-corrected chi connectivity index (χ0v) is 8.86. The highest BCUT2D eigenvalue weighted by molar-refractivity contribution is 7.99. The van der Waals surface area contributed by atoms with E-state index >= 15 is 0 Å². The van der Waals surface area contributed by atoms with Crippen molar-refractivity contribution in [2.75, 3.05) is 18.6 Å². The van der Waals surface area contributed by atoms with Gasteiger partial charge < -0.3 is 4.74 Å². The first-order valence-electron chi connectivity index (χ1n) is 4.58. The third-order valence-electron chi connectivity index (χ3n) is 2.26. The molecule has 0 radical (unpaired) electrons. The van der Waals surface area contributed by atoms with Gasteiger partial charge in [0.2, 0.25) is 0 Å².